The largest absolute Gasteiger partial charge is 0.369 e. The lowest BCUT2D eigenvalue weighted by atomic mass is 9.96. The molecule has 1 fully saturated rings. The van der Waals surface area contributed by atoms with Crippen molar-refractivity contribution in [3.63, 3.8) is 0 Å². The summed E-state index contributed by atoms with van der Waals surface area (Å²) in [7, 11) is 0. The average Bonchev–Trinajstić information content (AvgIpc) is 2.96. The van der Waals surface area contributed by atoms with Gasteiger partial charge in [-0.15, -0.1) is 12.8 Å². The summed E-state index contributed by atoms with van der Waals surface area (Å²) in [5.74, 6) is 1.32. The number of imidazole rings is 1. The molecule has 3 nitrogen and oxygen atoms in total. The molecule has 22 heavy (non-hydrogen) atoms. The molecule has 1 atom stereocenters. The van der Waals surface area contributed by atoms with Crippen LogP contribution in [-0.4, -0.2) is 9.97 Å². The van der Waals surface area contributed by atoms with Crippen LogP contribution < -0.4 is 5.73 Å². The minimum atomic E-state index is 0.468. The Kier molecular flexibility index (Phi) is 4.92. The van der Waals surface area contributed by atoms with Crippen molar-refractivity contribution in [2.45, 2.75) is 45.4 Å². The molecular formula is C19H25N3. The minimum absolute atomic E-state index is 0.468. The smallest absolute Gasteiger partial charge is 0.197 e. The highest BCUT2D eigenvalue weighted by Gasteiger charge is 2.47. The number of aryl methyl sites for hydroxylation is 1. The van der Waals surface area contributed by atoms with Crippen LogP contribution in [0.5, 0.6) is 0 Å². The van der Waals surface area contributed by atoms with Crippen LogP contribution in [0.15, 0.2) is 30.6 Å². The van der Waals surface area contributed by atoms with Crippen LogP contribution in [0.2, 0.25) is 0 Å². The summed E-state index contributed by atoms with van der Waals surface area (Å²) in [5.41, 5.74) is 10.7. The third kappa shape index (κ3) is 3.51. The van der Waals surface area contributed by atoms with Gasteiger partial charge in [0.25, 0.3) is 0 Å². The van der Waals surface area contributed by atoms with Crippen molar-refractivity contribution in [2.24, 2.45) is 5.41 Å². The van der Waals surface area contributed by atoms with Gasteiger partial charge in [0.05, 0.1) is 0 Å². The highest BCUT2D eigenvalue weighted by Crippen LogP contribution is 2.59. The molecule has 0 spiro atoms. The summed E-state index contributed by atoms with van der Waals surface area (Å²) >= 11 is 0. The molecule has 1 heterocycles. The van der Waals surface area contributed by atoms with E-state index in [0.717, 1.165) is 5.92 Å². The van der Waals surface area contributed by atoms with E-state index in [2.05, 4.69) is 54.9 Å². The molecule has 0 unspecified atom stereocenters. The molecule has 2 aliphatic carbocycles. The van der Waals surface area contributed by atoms with Crippen molar-refractivity contribution in [1.82, 2.24) is 9.97 Å². The van der Waals surface area contributed by atoms with Crippen LogP contribution in [0.1, 0.15) is 49.3 Å². The first-order valence-corrected chi connectivity index (χ1v) is 7.77. The normalized spacial score (nSPS) is 19.9. The first kappa shape index (κ1) is 16.2. The predicted octanol–water partition coefficient (Wildman–Crippen LogP) is 3.93. The van der Waals surface area contributed by atoms with E-state index in [9.17, 15) is 0 Å². The molecule has 3 heteroatoms. The van der Waals surface area contributed by atoms with E-state index in [0.29, 0.717) is 11.4 Å². The van der Waals surface area contributed by atoms with Crippen molar-refractivity contribution in [1.29, 1.82) is 0 Å². The third-order valence-electron chi connectivity index (χ3n) is 4.59. The molecule has 0 bridgehead atoms. The lowest BCUT2D eigenvalue weighted by molar-refractivity contribution is 0.620. The Hall–Kier alpha value is -2.21. The van der Waals surface area contributed by atoms with E-state index < -0.39 is 0 Å². The maximum Gasteiger partial charge on any atom is 0.197 e. The summed E-state index contributed by atoms with van der Waals surface area (Å²) in [6, 6.07) is 6.94. The number of nitrogens with one attached hydrogen (secondary N) is 1. The lowest BCUT2D eigenvalue weighted by Gasteiger charge is -2.09. The van der Waals surface area contributed by atoms with Crippen molar-refractivity contribution in [2.75, 3.05) is 5.73 Å². The zero-order valence-electron chi connectivity index (χ0n) is 13.5. The molecule has 1 aromatic carbocycles. The highest BCUT2D eigenvalue weighted by atomic mass is 15.0. The average molecular weight is 295 g/mol. The predicted molar refractivity (Wildman–Crippen MR) is 92.5 cm³/mol. The number of anilines is 1. The second-order valence-corrected chi connectivity index (χ2v) is 6.56. The number of nitrogens with zero attached hydrogens (tertiary/aromatic N) is 1. The van der Waals surface area contributed by atoms with Crippen LogP contribution in [0, 0.1) is 18.3 Å². The summed E-state index contributed by atoms with van der Waals surface area (Å²) in [5, 5.41) is 0. The Labute approximate surface area is 133 Å². The van der Waals surface area contributed by atoms with Gasteiger partial charge in [0.15, 0.2) is 5.95 Å². The fourth-order valence-corrected chi connectivity index (χ4v) is 3.25. The number of aromatic nitrogens is 2. The lowest BCUT2D eigenvalue weighted by Crippen LogP contribution is -1.95. The number of nitrogens with two attached hydrogens (primary N) is 1. The minimum Gasteiger partial charge on any atom is -0.369 e. The Morgan fingerprint density at radius 2 is 2.00 bits per heavy atom. The van der Waals surface area contributed by atoms with Gasteiger partial charge >= 0.3 is 0 Å². The number of hydrogen-bond acceptors (Lipinski definition) is 2. The van der Waals surface area contributed by atoms with Crippen molar-refractivity contribution in [3.05, 3.63) is 47.3 Å². The molecule has 0 aliphatic heterocycles. The number of H-pyrrole nitrogens is 1. The number of terminal acetylenes is 1. The number of hydrogen-bond donors (Lipinski definition) is 2. The quantitative estimate of drug-likeness (QED) is 0.783. The standard InChI is InChI=1S/C14H18.C3H5N3.C2H2/c1-14(2)9-13(14)12-8-4-6-10-5-3-7-11(10)12;4-3-5-1-2-6-3;1-2/h4,6,8,13H,3,5,7,9H2,1-2H3;1-2H,(H3,4,5,6);1-2H/t13-;;/m0../s1. The molecule has 3 N–H and O–H groups in total. The zero-order valence-corrected chi connectivity index (χ0v) is 13.5. The molecule has 1 saturated carbocycles. The molecular weight excluding hydrogens is 270 g/mol. The second-order valence-electron chi connectivity index (χ2n) is 6.56. The van der Waals surface area contributed by atoms with Crippen molar-refractivity contribution in [3.8, 4) is 12.8 Å². The second kappa shape index (κ2) is 6.70. The number of fused-ring (bicyclic) bond motifs is 1. The molecule has 2 aliphatic rings. The Morgan fingerprint density at radius 1 is 1.27 bits per heavy atom. The maximum absolute atomic E-state index is 5.11. The van der Waals surface area contributed by atoms with Crippen LogP contribution in [-0.2, 0) is 12.8 Å². The van der Waals surface area contributed by atoms with Crippen molar-refractivity contribution < 1.29 is 0 Å². The number of rotatable bonds is 1. The summed E-state index contributed by atoms with van der Waals surface area (Å²) in [6.07, 6.45) is 16.7. The van der Waals surface area contributed by atoms with Gasteiger partial charge in [-0.3, -0.25) is 0 Å². The molecule has 2 aromatic rings. The maximum atomic E-state index is 5.11. The topological polar surface area (TPSA) is 54.7 Å². The van der Waals surface area contributed by atoms with Gasteiger partial charge in [0, 0.05) is 12.4 Å². The monoisotopic (exact) mass is 295 g/mol. The van der Waals surface area contributed by atoms with Crippen LogP contribution >= 0.6 is 0 Å². The Morgan fingerprint density at radius 3 is 2.50 bits per heavy atom. The van der Waals surface area contributed by atoms with E-state index in [1.54, 1.807) is 29.1 Å². The summed E-state index contributed by atoms with van der Waals surface area (Å²) in [6.45, 7) is 4.79. The van der Waals surface area contributed by atoms with Gasteiger partial charge in [-0.25, -0.2) is 4.98 Å². The van der Waals surface area contributed by atoms with Gasteiger partial charge < -0.3 is 10.7 Å². The van der Waals surface area contributed by atoms with E-state index >= 15 is 0 Å². The van der Waals surface area contributed by atoms with Crippen LogP contribution in [0.25, 0.3) is 0 Å². The Balaban J connectivity index is 0.000000186. The zero-order chi connectivity index (χ0) is 16.2. The van der Waals surface area contributed by atoms with E-state index in [1.165, 1.54) is 25.7 Å². The summed E-state index contributed by atoms with van der Waals surface area (Å²) in [4.78, 5) is 6.31. The number of nitrogen functional groups attached to an aromatic ring is 1. The van der Waals surface area contributed by atoms with Crippen molar-refractivity contribution >= 4 is 5.95 Å². The van der Waals surface area contributed by atoms with Gasteiger partial charge in [-0.05, 0) is 53.7 Å². The van der Waals surface area contributed by atoms with Crippen LogP contribution in [0.3, 0.4) is 0 Å². The molecule has 0 radical (unpaired) electrons. The number of aromatic amines is 1. The highest BCUT2D eigenvalue weighted by molar-refractivity contribution is 5.43. The van der Waals surface area contributed by atoms with E-state index in [4.69, 9.17) is 5.73 Å². The van der Waals surface area contributed by atoms with Gasteiger partial charge in [-0.1, -0.05) is 32.0 Å². The van der Waals surface area contributed by atoms with E-state index in [-0.39, 0.29) is 0 Å². The van der Waals surface area contributed by atoms with E-state index in [1.807, 2.05) is 0 Å². The van der Waals surface area contributed by atoms with Crippen LogP contribution in [0.4, 0.5) is 5.95 Å². The fraction of sp³-hybridized carbons (Fsp3) is 0.421. The molecule has 1 aromatic heterocycles. The number of benzene rings is 1. The molecule has 116 valence electrons. The fourth-order valence-electron chi connectivity index (χ4n) is 3.25. The third-order valence-corrected chi connectivity index (χ3v) is 4.59. The summed E-state index contributed by atoms with van der Waals surface area (Å²) < 4.78 is 0. The molecule has 4 rings (SSSR count). The first-order chi connectivity index (χ1) is 10.6. The van der Waals surface area contributed by atoms with Gasteiger partial charge in [-0.2, -0.15) is 0 Å². The Bertz CT molecular complexity index is 623. The SMILES string of the molecule is C#C.CC1(C)C[C@H]1c1cccc2c1CCC2.Nc1ncc[nH]1. The van der Waals surface area contributed by atoms with Gasteiger partial charge in [0.1, 0.15) is 0 Å². The molecule has 0 saturated heterocycles. The first-order valence-electron chi connectivity index (χ1n) is 7.77. The molecule has 0 amide bonds. The van der Waals surface area contributed by atoms with Gasteiger partial charge in [0.2, 0.25) is 0 Å².